The molecule has 0 aliphatic rings. The van der Waals surface area contributed by atoms with E-state index in [2.05, 4.69) is 28.2 Å². The maximum Gasteiger partial charge on any atom is 0.174 e. The monoisotopic (exact) mass is 280 g/mol. The van der Waals surface area contributed by atoms with Gasteiger partial charge in [-0.1, -0.05) is 25.6 Å². The molecule has 1 unspecified atom stereocenters. The van der Waals surface area contributed by atoms with Gasteiger partial charge in [-0.05, 0) is 30.1 Å². The van der Waals surface area contributed by atoms with Gasteiger partial charge < -0.3 is 5.73 Å². The number of hydrogen-bond acceptors (Lipinski definition) is 6. The fourth-order valence-corrected chi connectivity index (χ4v) is 3.05. The van der Waals surface area contributed by atoms with Gasteiger partial charge in [-0.2, -0.15) is 4.37 Å². The number of rotatable bonds is 5. The molecular weight excluding hydrogens is 264 g/mol. The molecule has 2 heterocycles. The summed E-state index contributed by atoms with van der Waals surface area (Å²) in [4.78, 5) is 9.87. The molecule has 1 atom stereocenters. The van der Waals surface area contributed by atoms with Crippen LogP contribution in [0.15, 0.2) is 27.6 Å². The van der Waals surface area contributed by atoms with E-state index in [-0.39, 0.29) is 6.04 Å². The molecule has 0 fully saturated rings. The minimum absolute atomic E-state index is 0.0253. The van der Waals surface area contributed by atoms with Gasteiger partial charge in [-0.3, -0.25) is 4.98 Å². The van der Waals surface area contributed by atoms with Crippen molar-refractivity contribution in [1.82, 2.24) is 14.3 Å². The second-order valence-corrected chi connectivity index (χ2v) is 5.94. The number of nitrogens with zero attached hydrogens (tertiary/aromatic N) is 3. The first kappa shape index (κ1) is 13.5. The highest BCUT2D eigenvalue weighted by atomic mass is 32.2. The van der Waals surface area contributed by atoms with E-state index >= 15 is 0 Å². The second kappa shape index (κ2) is 6.26. The fourth-order valence-electron chi connectivity index (χ4n) is 1.40. The molecule has 2 rings (SSSR count). The Balaban J connectivity index is 2.06. The maximum absolute atomic E-state index is 5.93. The summed E-state index contributed by atoms with van der Waals surface area (Å²) in [5, 5.41) is 0. The Morgan fingerprint density at radius 2 is 2.22 bits per heavy atom. The van der Waals surface area contributed by atoms with Crippen LogP contribution in [0.4, 0.5) is 0 Å². The first-order valence-electron chi connectivity index (χ1n) is 5.94. The zero-order chi connectivity index (χ0) is 13.0. The van der Waals surface area contributed by atoms with Crippen LogP contribution in [0.3, 0.4) is 0 Å². The van der Waals surface area contributed by atoms with Gasteiger partial charge >= 0.3 is 0 Å². The van der Waals surface area contributed by atoms with Crippen molar-refractivity contribution in [1.29, 1.82) is 0 Å². The minimum Gasteiger partial charge on any atom is -0.323 e. The van der Waals surface area contributed by atoms with Crippen LogP contribution < -0.4 is 5.73 Å². The highest BCUT2D eigenvalue weighted by molar-refractivity contribution is 8.01. The van der Waals surface area contributed by atoms with Crippen LogP contribution in [0.2, 0.25) is 0 Å². The first-order chi connectivity index (χ1) is 8.72. The van der Waals surface area contributed by atoms with Crippen molar-refractivity contribution in [2.45, 2.75) is 42.0 Å². The molecule has 2 aromatic rings. The highest BCUT2D eigenvalue weighted by Gasteiger charge is 2.07. The normalized spacial score (nSPS) is 12.6. The molecular formula is C12H16N4S2. The lowest BCUT2D eigenvalue weighted by Gasteiger charge is -2.07. The molecule has 18 heavy (non-hydrogen) atoms. The van der Waals surface area contributed by atoms with Crippen LogP contribution >= 0.6 is 23.3 Å². The average Bonchev–Trinajstić information content (AvgIpc) is 2.86. The van der Waals surface area contributed by atoms with E-state index in [1.807, 2.05) is 18.3 Å². The van der Waals surface area contributed by atoms with Gasteiger partial charge in [0.15, 0.2) is 4.34 Å². The molecule has 0 saturated carbocycles. The highest BCUT2D eigenvalue weighted by Crippen LogP contribution is 2.29. The van der Waals surface area contributed by atoms with Crippen molar-refractivity contribution < 1.29 is 0 Å². The summed E-state index contributed by atoms with van der Waals surface area (Å²) in [5.74, 6) is 0.903. The van der Waals surface area contributed by atoms with Crippen molar-refractivity contribution in [3.8, 4) is 0 Å². The van der Waals surface area contributed by atoms with Crippen molar-refractivity contribution in [3.05, 3.63) is 29.8 Å². The summed E-state index contributed by atoms with van der Waals surface area (Å²) < 4.78 is 5.22. The van der Waals surface area contributed by atoms with Crippen LogP contribution in [-0.2, 0) is 6.42 Å². The fraction of sp³-hybridized carbons (Fsp3) is 0.417. The van der Waals surface area contributed by atoms with Gasteiger partial charge in [0.05, 0.1) is 5.69 Å². The first-order valence-corrected chi connectivity index (χ1v) is 7.53. The largest absolute Gasteiger partial charge is 0.323 e. The van der Waals surface area contributed by atoms with Crippen LogP contribution in [0, 0.1) is 0 Å². The van der Waals surface area contributed by atoms with Gasteiger partial charge in [0.25, 0.3) is 0 Å². The van der Waals surface area contributed by atoms with Crippen LogP contribution in [0.25, 0.3) is 0 Å². The van der Waals surface area contributed by atoms with Gasteiger partial charge in [0, 0.05) is 23.6 Å². The Morgan fingerprint density at radius 1 is 1.39 bits per heavy atom. The lowest BCUT2D eigenvalue weighted by atomic mass is 10.1. The van der Waals surface area contributed by atoms with E-state index in [1.54, 1.807) is 11.8 Å². The summed E-state index contributed by atoms with van der Waals surface area (Å²) in [6.07, 6.45) is 3.62. The van der Waals surface area contributed by atoms with Gasteiger partial charge in [-0.25, -0.2) is 4.98 Å². The number of aryl methyl sites for hydroxylation is 1. The van der Waals surface area contributed by atoms with Gasteiger partial charge in [0.1, 0.15) is 5.82 Å². The maximum atomic E-state index is 5.93. The summed E-state index contributed by atoms with van der Waals surface area (Å²) in [6.45, 7) is 4.11. The SMILES string of the molecule is CCc1nsc(Sc2ccc(C(N)CC)nc2)n1. The quantitative estimate of drug-likeness (QED) is 0.912. The third-order valence-corrected chi connectivity index (χ3v) is 4.32. The minimum atomic E-state index is 0.0253. The molecule has 0 amide bonds. The molecule has 6 heteroatoms. The number of pyridine rings is 1. The zero-order valence-electron chi connectivity index (χ0n) is 10.5. The summed E-state index contributed by atoms with van der Waals surface area (Å²) in [7, 11) is 0. The Bertz CT molecular complexity index is 495. The van der Waals surface area contributed by atoms with E-state index in [4.69, 9.17) is 5.73 Å². The van der Waals surface area contributed by atoms with Crippen molar-refractivity contribution in [2.24, 2.45) is 5.73 Å². The van der Waals surface area contributed by atoms with E-state index in [9.17, 15) is 0 Å². The lowest BCUT2D eigenvalue weighted by Crippen LogP contribution is -2.10. The molecule has 0 spiro atoms. The molecule has 2 aromatic heterocycles. The molecule has 4 nitrogen and oxygen atoms in total. The molecule has 2 N–H and O–H groups in total. The third-order valence-electron chi connectivity index (χ3n) is 2.55. The topological polar surface area (TPSA) is 64.7 Å². The molecule has 96 valence electrons. The van der Waals surface area contributed by atoms with E-state index < -0.39 is 0 Å². The van der Waals surface area contributed by atoms with Crippen molar-refractivity contribution in [2.75, 3.05) is 0 Å². The Kier molecular flexibility index (Phi) is 4.68. The lowest BCUT2D eigenvalue weighted by molar-refractivity contribution is 0.674. The summed E-state index contributed by atoms with van der Waals surface area (Å²) >= 11 is 3.03. The summed E-state index contributed by atoms with van der Waals surface area (Å²) in [5.41, 5.74) is 6.87. The molecule has 0 aliphatic heterocycles. The standard InChI is InChI=1S/C12H16N4S2/c1-3-9(13)10-6-5-8(7-14-10)17-12-15-11(4-2)16-18-12/h5-7,9H,3-4,13H2,1-2H3. The predicted molar refractivity (Wildman–Crippen MR) is 74.9 cm³/mol. The van der Waals surface area contributed by atoms with Gasteiger partial charge in [0.2, 0.25) is 0 Å². The summed E-state index contributed by atoms with van der Waals surface area (Å²) in [6, 6.07) is 4.05. The smallest absolute Gasteiger partial charge is 0.174 e. The van der Waals surface area contributed by atoms with Crippen molar-refractivity contribution in [3.63, 3.8) is 0 Å². The third kappa shape index (κ3) is 3.28. The molecule has 0 radical (unpaired) electrons. The Labute approximate surface area is 115 Å². The van der Waals surface area contributed by atoms with Gasteiger partial charge in [-0.15, -0.1) is 0 Å². The average molecular weight is 280 g/mol. The number of hydrogen-bond donors (Lipinski definition) is 1. The Hall–Kier alpha value is -0.980. The van der Waals surface area contributed by atoms with Crippen LogP contribution in [0.1, 0.15) is 37.8 Å². The predicted octanol–water partition coefficient (Wildman–Crippen LogP) is 3.06. The van der Waals surface area contributed by atoms with E-state index in [1.165, 1.54) is 11.5 Å². The van der Waals surface area contributed by atoms with Crippen LogP contribution in [-0.4, -0.2) is 14.3 Å². The molecule has 0 aliphatic carbocycles. The van der Waals surface area contributed by atoms with Crippen LogP contribution in [0.5, 0.6) is 0 Å². The number of aromatic nitrogens is 3. The second-order valence-electron chi connectivity index (χ2n) is 3.87. The Morgan fingerprint density at radius 3 is 2.78 bits per heavy atom. The molecule has 0 bridgehead atoms. The van der Waals surface area contributed by atoms with E-state index in [0.717, 1.165) is 33.6 Å². The molecule has 0 aromatic carbocycles. The zero-order valence-corrected chi connectivity index (χ0v) is 12.1. The van der Waals surface area contributed by atoms with Crippen molar-refractivity contribution >= 4 is 23.3 Å². The van der Waals surface area contributed by atoms with E-state index in [0.29, 0.717) is 0 Å². The molecule has 0 saturated heterocycles. The number of nitrogens with two attached hydrogens (primary N) is 1.